The third-order valence-corrected chi connectivity index (χ3v) is 1.92. The molecular formula is C7H6BClO. The minimum absolute atomic E-state index is 0.718. The molecule has 1 nitrogen and oxygen atoms in total. The fourth-order valence-corrected chi connectivity index (χ4v) is 1.34. The zero-order chi connectivity index (χ0) is 6.97. The number of halogens is 1. The van der Waals surface area contributed by atoms with Crippen molar-refractivity contribution < 1.29 is 4.65 Å². The fraction of sp³-hybridized carbons (Fsp3) is 0.143. The molecule has 0 amide bonds. The maximum Gasteiger partial charge on any atom is 0.309 e. The van der Waals surface area contributed by atoms with Gasteiger partial charge in [0.2, 0.25) is 0 Å². The van der Waals surface area contributed by atoms with Gasteiger partial charge in [-0.15, -0.1) is 0 Å². The molecule has 0 unspecified atom stereocenters. The molecule has 1 aliphatic rings. The van der Waals surface area contributed by atoms with Gasteiger partial charge in [-0.05, 0) is 23.2 Å². The Morgan fingerprint density at radius 2 is 2.40 bits per heavy atom. The molecule has 1 aromatic carbocycles. The van der Waals surface area contributed by atoms with E-state index in [1.807, 2.05) is 18.2 Å². The summed E-state index contributed by atoms with van der Waals surface area (Å²) in [6, 6.07) is 5.88. The van der Waals surface area contributed by atoms with E-state index in [-0.39, 0.29) is 0 Å². The summed E-state index contributed by atoms with van der Waals surface area (Å²) in [6.07, 6.45) is 0. The molecule has 1 aliphatic heterocycles. The zero-order valence-electron chi connectivity index (χ0n) is 5.43. The highest BCUT2D eigenvalue weighted by Gasteiger charge is 2.11. The van der Waals surface area contributed by atoms with Crippen LogP contribution in [0, 0.1) is 0 Å². The van der Waals surface area contributed by atoms with Crippen molar-refractivity contribution in [2.75, 3.05) is 0 Å². The standard InChI is InChI=1S/C7H6BClO/c9-6-1-2-7-5(3-6)4-10-8-7/h1-3,8H,4H2. The van der Waals surface area contributed by atoms with E-state index < -0.39 is 0 Å². The van der Waals surface area contributed by atoms with Crippen molar-refractivity contribution in [3.8, 4) is 0 Å². The largest absolute Gasteiger partial charge is 0.430 e. The van der Waals surface area contributed by atoms with Crippen molar-refractivity contribution in [1.29, 1.82) is 0 Å². The van der Waals surface area contributed by atoms with Crippen LogP contribution in [0.15, 0.2) is 18.2 Å². The Morgan fingerprint density at radius 1 is 1.50 bits per heavy atom. The average Bonchev–Trinajstić information content (AvgIpc) is 2.33. The Morgan fingerprint density at radius 3 is 3.30 bits per heavy atom. The molecule has 0 bridgehead atoms. The predicted octanol–water partition coefficient (Wildman–Crippen LogP) is 0.847. The van der Waals surface area contributed by atoms with Crippen LogP contribution in [0.25, 0.3) is 0 Å². The maximum absolute atomic E-state index is 5.77. The van der Waals surface area contributed by atoms with Crippen molar-refractivity contribution in [3.63, 3.8) is 0 Å². The SMILES string of the molecule is Clc1ccc2c(c1)COB2. The molecule has 1 heterocycles. The second-order valence-corrected chi connectivity index (χ2v) is 2.84. The van der Waals surface area contributed by atoms with Crippen LogP contribution in [0.3, 0.4) is 0 Å². The van der Waals surface area contributed by atoms with Crippen molar-refractivity contribution in [2.24, 2.45) is 0 Å². The highest BCUT2D eigenvalue weighted by molar-refractivity contribution is 6.49. The molecular weight excluding hydrogens is 146 g/mol. The molecule has 0 aliphatic carbocycles. The normalized spacial score (nSPS) is 14.5. The Labute approximate surface area is 65.2 Å². The molecule has 50 valence electrons. The van der Waals surface area contributed by atoms with Gasteiger partial charge in [0.15, 0.2) is 0 Å². The first-order valence-electron chi connectivity index (χ1n) is 3.21. The van der Waals surface area contributed by atoms with Crippen LogP contribution in [-0.2, 0) is 11.3 Å². The van der Waals surface area contributed by atoms with E-state index in [1.165, 1.54) is 11.0 Å². The molecule has 0 aromatic heterocycles. The Bertz CT molecular complexity index is 262. The smallest absolute Gasteiger partial charge is 0.309 e. The lowest BCUT2D eigenvalue weighted by Crippen LogP contribution is -2.10. The quantitative estimate of drug-likeness (QED) is 0.501. The van der Waals surface area contributed by atoms with Gasteiger partial charge in [0.25, 0.3) is 0 Å². The maximum atomic E-state index is 5.77. The Balaban J connectivity index is 2.52. The minimum atomic E-state index is 0.718. The third kappa shape index (κ3) is 0.937. The third-order valence-electron chi connectivity index (χ3n) is 1.68. The summed E-state index contributed by atoms with van der Waals surface area (Å²) in [4.78, 5) is 0. The molecule has 0 spiro atoms. The fourth-order valence-electron chi connectivity index (χ4n) is 1.14. The van der Waals surface area contributed by atoms with E-state index in [1.54, 1.807) is 0 Å². The summed E-state index contributed by atoms with van der Waals surface area (Å²) in [5, 5.41) is 0.796. The van der Waals surface area contributed by atoms with Crippen molar-refractivity contribution >= 4 is 24.5 Å². The van der Waals surface area contributed by atoms with Crippen LogP contribution >= 0.6 is 11.6 Å². The van der Waals surface area contributed by atoms with Gasteiger partial charge in [-0.2, -0.15) is 0 Å². The molecule has 0 fully saturated rings. The summed E-state index contributed by atoms with van der Waals surface area (Å²) < 4.78 is 5.21. The lowest BCUT2D eigenvalue weighted by molar-refractivity contribution is 0.345. The zero-order valence-corrected chi connectivity index (χ0v) is 6.19. The number of rotatable bonds is 0. The van der Waals surface area contributed by atoms with Crippen molar-refractivity contribution in [1.82, 2.24) is 0 Å². The van der Waals surface area contributed by atoms with Crippen LogP contribution < -0.4 is 5.46 Å². The van der Waals surface area contributed by atoms with E-state index in [4.69, 9.17) is 16.3 Å². The lowest BCUT2D eigenvalue weighted by atomic mass is 9.88. The summed E-state index contributed by atoms with van der Waals surface area (Å²) >= 11 is 5.77. The monoisotopic (exact) mass is 152 g/mol. The highest BCUT2D eigenvalue weighted by Crippen LogP contribution is 2.12. The summed E-state index contributed by atoms with van der Waals surface area (Å²) in [7, 11) is 0.743. The molecule has 0 radical (unpaired) electrons. The molecule has 0 saturated carbocycles. The van der Waals surface area contributed by atoms with Gasteiger partial charge in [-0.3, -0.25) is 0 Å². The van der Waals surface area contributed by atoms with Crippen LogP contribution in [0.4, 0.5) is 0 Å². The van der Waals surface area contributed by atoms with Crippen LogP contribution in [0.1, 0.15) is 5.56 Å². The summed E-state index contributed by atoms with van der Waals surface area (Å²) in [5.74, 6) is 0. The van der Waals surface area contributed by atoms with Crippen LogP contribution in [0.2, 0.25) is 5.02 Å². The van der Waals surface area contributed by atoms with Crippen LogP contribution in [0.5, 0.6) is 0 Å². The van der Waals surface area contributed by atoms with Crippen LogP contribution in [-0.4, -0.2) is 7.48 Å². The van der Waals surface area contributed by atoms with Gasteiger partial charge in [0, 0.05) is 5.02 Å². The molecule has 0 atom stereocenters. The van der Waals surface area contributed by atoms with E-state index in [2.05, 4.69) is 0 Å². The predicted molar refractivity (Wildman–Crippen MR) is 43.0 cm³/mol. The number of fused-ring (bicyclic) bond motifs is 1. The van der Waals surface area contributed by atoms with Crippen molar-refractivity contribution in [3.05, 3.63) is 28.8 Å². The highest BCUT2D eigenvalue weighted by atomic mass is 35.5. The average molecular weight is 152 g/mol. The first-order chi connectivity index (χ1) is 4.86. The molecule has 3 heteroatoms. The molecule has 1 aromatic rings. The second kappa shape index (κ2) is 2.29. The molecule has 0 saturated heterocycles. The topological polar surface area (TPSA) is 9.23 Å². The molecule has 2 rings (SSSR count). The number of benzene rings is 1. The number of hydrogen-bond acceptors (Lipinski definition) is 1. The van der Waals surface area contributed by atoms with Gasteiger partial charge >= 0.3 is 7.48 Å². The van der Waals surface area contributed by atoms with Crippen molar-refractivity contribution in [2.45, 2.75) is 6.61 Å². The van der Waals surface area contributed by atoms with E-state index in [0.29, 0.717) is 0 Å². The van der Waals surface area contributed by atoms with Gasteiger partial charge < -0.3 is 4.65 Å². The van der Waals surface area contributed by atoms with Gasteiger partial charge in [0.05, 0.1) is 6.61 Å². The first kappa shape index (κ1) is 6.26. The van der Waals surface area contributed by atoms with Gasteiger partial charge in [-0.1, -0.05) is 17.7 Å². The summed E-state index contributed by atoms with van der Waals surface area (Å²) in [5.41, 5.74) is 2.50. The van der Waals surface area contributed by atoms with E-state index in [0.717, 1.165) is 19.1 Å². The molecule has 0 N–H and O–H groups in total. The Hall–Kier alpha value is -0.465. The Kier molecular flexibility index (Phi) is 1.44. The van der Waals surface area contributed by atoms with E-state index in [9.17, 15) is 0 Å². The first-order valence-corrected chi connectivity index (χ1v) is 3.59. The van der Waals surface area contributed by atoms with E-state index >= 15 is 0 Å². The summed E-state index contributed by atoms with van der Waals surface area (Å²) in [6.45, 7) is 0.718. The molecule has 10 heavy (non-hydrogen) atoms. The minimum Gasteiger partial charge on any atom is -0.430 e. The van der Waals surface area contributed by atoms with Gasteiger partial charge in [0.1, 0.15) is 0 Å². The lowest BCUT2D eigenvalue weighted by Gasteiger charge is -1.94. The second-order valence-electron chi connectivity index (χ2n) is 2.41. The number of hydrogen-bond donors (Lipinski definition) is 0. The van der Waals surface area contributed by atoms with Gasteiger partial charge in [-0.25, -0.2) is 0 Å².